The molecule has 1 fully saturated rings. The third-order valence-corrected chi connectivity index (χ3v) is 5.96. The summed E-state index contributed by atoms with van der Waals surface area (Å²) in [6, 6.07) is 0. The number of fused-ring (bicyclic) bond motifs is 1. The first-order chi connectivity index (χ1) is 12.4. The number of nitrogens with zero attached hydrogens (tertiary/aromatic N) is 1. The normalized spacial score (nSPS) is 19.7. The van der Waals surface area contributed by atoms with Gasteiger partial charge >= 0.3 is 5.97 Å². The SMILES string of the molecule is CCOC(=O)c1c(NC(=O)CN2CCCCC2)sc2c1CC(C)(C)OC2. The number of ether oxygens (including phenoxy) is 2. The van der Waals surface area contributed by atoms with Crippen LogP contribution in [-0.4, -0.2) is 48.6 Å². The zero-order chi connectivity index (χ0) is 18.7. The summed E-state index contributed by atoms with van der Waals surface area (Å²) in [5, 5.41) is 3.56. The first-order valence-corrected chi connectivity index (χ1v) is 10.2. The van der Waals surface area contributed by atoms with Crippen LogP contribution in [0, 0.1) is 0 Å². The number of rotatable bonds is 5. The van der Waals surface area contributed by atoms with E-state index in [-0.39, 0.29) is 17.5 Å². The van der Waals surface area contributed by atoms with E-state index in [9.17, 15) is 9.59 Å². The van der Waals surface area contributed by atoms with Crippen LogP contribution in [0.5, 0.6) is 0 Å². The lowest BCUT2D eigenvalue weighted by atomic mass is 9.93. The Bertz CT molecular complexity index is 677. The topological polar surface area (TPSA) is 67.9 Å². The van der Waals surface area contributed by atoms with Crippen LogP contribution >= 0.6 is 11.3 Å². The molecule has 144 valence electrons. The van der Waals surface area contributed by atoms with Gasteiger partial charge in [-0.2, -0.15) is 0 Å². The lowest BCUT2D eigenvalue weighted by molar-refractivity contribution is -0.117. The molecule has 6 nitrogen and oxygen atoms in total. The Kier molecular flexibility index (Phi) is 5.99. The summed E-state index contributed by atoms with van der Waals surface area (Å²) in [4.78, 5) is 28.3. The molecule has 1 N–H and O–H groups in total. The number of nitrogens with one attached hydrogen (secondary N) is 1. The molecule has 2 aliphatic rings. The van der Waals surface area contributed by atoms with Gasteiger partial charge in [0.2, 0.25) is 5.91 Å². The van der Waals surface area contributed by atoms with E-state index in [1.54, 1.807) is 6.92 Å². The van der Waals surface area contributed by atoms with Gasteiger partial charge in [-0.1, -0.05) is 6.42 Å². The number of esters is 1. The minimum absolute atomic E-state index is 0.0729. The number of amides is 1. The number of hydrogen-bond donors (Lipinski definition) is 1. The average molecular weight is 381 g/mol. The predicted octanol–water partition coefficient (Wildman–Crippen LogP) is 3.20. The van der Waals surface area contributed by atoms with Crippen molar-refractivity contribution in [2.75, 3.05) is 31.6 Å². The van der Waals surface area contributed by atoms with Crippen LogP contribution in [0.3, 0.4) is 0 Å². The minimum Gasteiger partial charge on any atom is -0.462 e. The number of carbonyl (C=O) groups is 2. The van der Waals surface area contributed by atoms with E-state index in [0.29, 0.717) is 36.7 Å². The van der Waals surface area contributed by atoms with Crippen LogP contribution in [0.25, 0.3) is 0 Å². The van der Waals surface area contributed by atoms with Crippen molar-refractivity contribution >= 4 is 28.2 Å². The van der Waals surface area contributed by atoms with Crippen LogP contribution in [0.4, 0.5) is 5.00 Å². The molecule has 0 unspecified atom stereocenters. The molecule has 7 heteroatoms. The zero-order valence-corrected chi connectivity index (χ0v) is 16.7. The summed E-state index contributed by atoms with van der Waals surface area (Å²) < 4.78 is 11.1. The van der Waals surface area contributed by atoms with Crippen molar-refractivity contribution in [3.05, 3.63) is 16.0 Å². The molecule has 1 amide bonds. The zero-order valence-electron chi connectivity index (χ0n) is 15.9. The smallest absolute Gasteiger partial charge is 0.341 e. The molecule has 1 aromatic heterocycles. The number of hydrogen-bond acceptors (Lipinski definition) is 6. The Balaban J connectivity index is 1.80. The maximum absolute atomic E-state index is 12.6. The van der Waals surface area contributed by atoms with E-state index in [2.05, 4.69) is 10.2 Å². The van der Waals surface area contributed by atoms with Crippen molar-refractivity contribution in [3.8, 4) is 0 Å². The molecule has 0 bridgehead atoms. The van der Waals surface area contributed by atoms with E-state index >= 15 is 0 Å². The molecule has 0 saturated carbocycles. The summed E-state index contributed by atoms with van der Waals surface area (Å²) in [6.45, 7) is 8.87. The number of anilines is 1. The molecule has 0 aromatic carbocycles. The van der Waals surface area contributed by atoms with Crippen molar-refractivity contribution in [3.63, 3.8) is 0 Å². The number of likely N-dealkylation sites (tertiary alicyclic amines) is 1. The van der Waals surface area contributed by atoms with Crippen LogP contribution in [-0.2, 0) is 27.3 Å². The van der Waals surface area contributed by atoms with Crippen molar-refractivity contribution < 1.29 is 19.1 Å². The third kappa shape index (κ3) is 4.45. The van der Waals surface area contributed by atoms with E-state index in [1.807, 2.05) is 13.8 Å². The maximum atomic E-state index is 12.6. The van der Waals surface area contributed by atoms with Gasteiger partial charge in [0.25, 0.3) is 0 Å². The van der Waals surface area contributed by atoms with Gasteiger partial charge < -0.3 is 14.8 Å². The number of thiophene rings is 1. The Morgan fingerprint density at radius 2 is 2.00 bits per heavy atom. The molecule has 0 aliphatic carbocycles. The Hall–Kier alpha value is -1.44. The first-order valence-electron chi connectivity index (χ1n) is 9.37. The van der Waals surface area contributed by atoms with E-state index < -0.39 is 0 Å². The van der Waals surface area contributed by atoms with Crippen molar-refractivity contribution in [2.24, 2.45) is 0 Å². The van der Waals surface area contributed by atoms with Crippen molar-refractivity contribution in [1.29, 1.82) is 0 Å². The largest absolute Gasteiger partial charge is 0.462 e. The summed E-state index contributed by atoms with van der Waals surface area (Å²) in [5.41, 5.74) is 1.14. The van der Waals surface area contributed by atoms with Gasteiger partial charge in [-0.15, -0.1) is 11.3 Å². The fourth-order valence-electron chi connectivity index (χ4n) is 3.55. The van der Waals surface area contributed by atoms with Gasteiger partial charge in [-0.25, -0.2) is 4.79 Å². The van der Waals surface area contributed by atoms with Crippen molar-refractivity contribution in [1.82, 2.24) is 4.90 Å². The van der Waals surface area contributed by atoms with E-state index in [0.717, 1.165) is 36.4 Å². The van der Waals surface area contributed by atoms with Crippen LogP contribution in [0.2, 0.25) is 0 Å². The van der Waals surface area contributed by atoms with Gasteiger partial charge in [-0.3, -0.25) is 9.69 Å². The monoisotopic (exact) mass is 380 g/mol. The lowest BCUT2D eigenvalue weighted by Gasteiger charge is -2.30. The summed E-state index contributed by atoms with van der Waals surface area (Å²) in [7, 11) is 0. The molecule has 1 saturated heterocycles. The molecule has 1 aromatic rings. The lowest BCUT2D eigenvalue weighted by Crippen LogP contribution is -2.37. The van der Waals surface area contributed by atoms with E-state index in [4.69, 9.17) is 9.47 Å². The predicted molar refractivity (Wildman–Crippen MR) is 102 cm³/mol. The van der Waals surface area contributed by atoms with Gasteiger partial charge in [0.1, 0.15) is 5.00 Å². The highest BCUT2D eigenvalue weighted by Gasteiger charge is 2.34. The van der Waals surface area contributed by atoms with E-state index in [1.165, 1.54) is 17.8 Å². The highest BCUT2D eigenvalue weighted by molar-refractivity contribution is 7.17. The molecular weight excluding hydrogens is 352 g/mol. The molecule has 0 spiro atoms. The van der Waals surface area contributed by atoms with Gasteiger partial charge in [0, 0.05) is 11.3 Å². The average Bonchev–Trinajstić information content (AvgIpc) is 2.91. The second-order valence-electron chi connectivity index (χ2n) is 7.54. The van der Waals surface area contributed by atoms with Crippen LogP contribution in [0.1, 0.15) is 60.8 Å². The highest BCUT2D eigenvalue weighted by Crippen LogP contribution is 2.40. The number of carbonyl (C=O) groups excluding carboxylic acids is 2. The molecule has 3 rings (SSSR count). The second-order valence-corrected chi connectivity index (χ2v) is 8.64. The Morgan fingerprint density at radius 1 is 1.27 bits per heavy atom. The Labute approximate surface area is 158 Å². The molecular formula is C19H28N2O4S. The summed E-state index contributed by atoms with van der Waals surface area (Å²) in [6.07, 6.45) is 4.15. The number of piperidine rings is 1. The van der Waals surface area contributed by atoms with Crippen LogP contribution in [0.15, 0.2) is 0 Å². The maximum Gasteiger partial charge on any atom is 0.341 e. The summed E-state index contributed by atoms with van der Waals surface area (Å²) in [5.74, 6) is -0.438. The summed E-state index contributed by atoms with van der Waals surface area (Å²) >= 11 is 1.43. The molecule has 0 radical (unpaired) electrons. The molecule has 2 aliphatic heterocycles. The third-order valence-electron chi connectivity index (χ3n) is 4.84. The fraction of sp³-hybridized carbons (Fsp3) is 0.684. The highest BCUT2D eigenvalue weighted by atomic mass is 32.1. The second kappa shape index (κ2) is 8.06. The molecule has 26 heavy (non-hydrogen) atoms. The van der Waals surface area contributed by atoms with Gasteiger partial charge in [-0.05, 0) is 52.3 Å². The van der Waals surface area contributed by atoms with Crippen molar-refractivity contribution in [2.45, 2.75) is 58.7 Å². The quantitative estimate of drug-likeness (QED) is 0.795. The first kappa shape index (κ1) is 19.3. The van der Waals surface area contributed by atoms with Gasteiger partial charge in [0.15, 0.2) is 0 Å². The molecule has 3 heterocycles. The standard InChI is InChI=1S/C19H28N2O4S/c1-4-24-18(23)16-13-10-19(2,3)25-12-14(13)26-17(16)20-15(22)11-21-8-6-5-7-9-21/h4-12H2,1-3H3,(H,20,22). The Morgan fingerprint density at radius 3 is 2.69 bits per heavy atom. The fourth-order valence-corrected chi connectivity index (χ4v) is 4.68. The van der Waals surface area contributed by atoms with Gasteiger partial charge in [0.05, 0.1) is 30.9 Å². The van der Waals surface area contributed by atoms with Crippen LogP contribution < -0.4 is 5.32 Å². The molecule has 0 atom stereocenters. The minimum atomic E-state index is -0.365.